The minimum atomic E-state index is -0.338. The Balaban J connectivity index is 1.84. The molecule has 0 bridgehead atoms. The molecule has 2 aromatic rings. The number of hydrogen-bond acceptors (Lipinski definition) is 4. The molecule has 0 aliphatic carbocycles. The summed E-state index contributed by atoms with van der Waals surface area (Å²) in [5.74, 6) is -0.453. The summed E-state index contributed by atoms with van der Waals surface area (Å²) in [4.78, 5) is 27.5. The van der Waals surface area contributed by atoms with Crippen LogP contribution in [0, 0.1) is 0 Å². The maximum atomic E-state index is 12.4. The van der Waals surface area contributed by atoms with Crippen LogP contribution in [0.25, 0.3) is 0 Å². The molecule has 132 valence electrons. The lowest BCUT2D eigenvalue weighted by Crippen LogP contribution is -3.08. The molecule has 1 aliphatic heterocycles. The van der Waals surface area contributed by atoms with Crippen LogP contribution in [-0.2, 0) is 28.9 Å². The van der Waals surface area contributed by atoms with Crippen LogP contribution in [0.2, 0.25) is 0 Å². The van der Waals surface area contributed by atoms with Crippen LogP contribution in [0.1, 0.15) is 33.3 Å². The number of thiophene rings is 1. The summed E-state index contributed by atoms with van der Waals surface area (Å²) in [5, 5.41) is 3.56. The highest BCUT2D eigenvalue weighted by molar-refractivity contribution is 7.17. The van der Waals surface area contributed by atoms with E-state index in [1.165, 1.54) is 21.1 Å². The zero-order valence-electron chi connectivity index (χ0n) is 14.6. The topological polar surface area (TPSA) is 59.8 Å². The molecule has 5 nitrogen and oxygen atoms in total. The first-order chi connectivity index (χ1) is 12.1. The van der Waals surface area contributed by atoms with Gasteiger partial charge in [-0.2, -0.15) is 0 Å². The molecule has 25 heavy (non-hydrogen) atoms. The number of ether oxygens (including phenoxy) is 1. The van der Waals surface area contributed by atoms with E-state index in [4.69, 9.17) is 4.74 Å². The van der Waals surface area contributed by atoms with E-state index in [1.54, 1.807) is 6.92 Å². The molecule has 2 heterocycles. The summed E-state index contributed by atoms with van der Waals surface area (Å²) in [5.41, 5.74) is 2.54. The number of carbonyl (C=O) groups excluding carboxylic acids is 2. The molecule has 0 radical (unpaired) electrons. The first kappa shape index (κ1) is 17.6. The number of amides is 1. The van der Waals surface area contributed by atoms with E-state index < -0.39 is 0 Å². The Hall–Kier alpha value is -2.18. The lowest BCUT2D eigenvalue weighted by molar-refractivity contribution is -0.895. The van der Waals surface area contributed by atoms with Crippen molar-refractivity contribution in [2.24, 2.45) is 0 Å². The summed E-state index contributed by atoms with van der Waals surface area (Å²) in [6.07, 6.45) is 1.12. The number of quaternary nitrogens is 1. The Kier molecular flexibility index (Phi) is 5.50. The SMILES string of the molecule is CCOC(=O)c1c(NC(=O)Cc2ccccc2)sc2c1CC[NH+](C)C2. The van der Waals surface area contributed by atoms with Crippen LogP contribution in [0.5, 0.6) is 0 Å². The number of esters is 1. The van der Waals surface area contributed by atoms with E-state index >= 15 is 0 Å². The highest BCUT2D eigenvalue weighted by Gasteiger charge is 2.30. The smallest absolute Gasteiger partial charge is 0.341 e. The van der Waals surface area contributed by atoms with Gasteiger partial charge in [0.05, 0.1) is 37.1 Å². The van der Waals surface area contributed by atoms with Gasteiger partial charge in [-0.1, -0.05) is 30.3 Å². The molecule has 6 heteroatoms. The van der Waals surface area contributed by atoms with Crippen molar-refractivity contribution in [2.45, 2.75) is 26.3 Å². The lowest BCUT2D eigenvalue weighted by Gasteiger charge is -2.19. The molecule has 3 rings (SSSR count). The summed E-state index contributed by atoms with van der Waals surface area (Å²) in [6, 6.07) is 9.59. The van der Waals surface area contributed by atoms with E-state index in [1.807, 2.05) is 30.3 Å². The van der Waals surface area contributed by atoms with Gasteiger partial charge in [0, 0.05) is 6.42 Å². The van der Waals surface area contributed by atoms with Crippen LogP contribution < -0.4 is 10.2 Å². The molecule has 1 aromatic carbocycles. The predicted octanol–water partition coefficient (Wildman–Crippen LogP) is 1.68. The molecule has 1 atom stereocenters. The van der Waals surface area contributed by atoms with Crippen molar-refractivity contribution >= 4 is 28.2 Å². The van der Waals surface area contributed by atoms with Gasteiger partial charge >= 0.3 is 5.97 Å². The number of carbonyl (C=O) groups is 2. The quantitative estimate of drug-likeness (QED) is 0.799. The molecule has 0 fully saturated rings. The second kappa shape index (κ2) is 7.80. The Labute approximate surface area is 151 Å². The van der Waals surface area contributed by atoms with Crippen LogP contribution in [0.3, 0.4) is 0 Å². The maximum absolute atomic E-state index is 12.4. The number of likely N-dealkylation sites (N-methyl/N-ethyl adjacent to an activating group) is 1. The predicted molar refractivity (Wildman–Crippen MR) is 98.2 cm³/mol. The lowest BCUT2D eigenvalue weighted by atomic mass is 10.0. The van der Waals surface area contributed by atoms with Crippen LogP contribution in [-0.4, -0.2) is 32.1 Å². The van der Waals surface area contributed by atoms with Gasteiger partial charge in [0.1, 0.15) is 11.5 Å². The summed E-state index contributed by atoms with van der Waals surface area (Å²) in [6.45, 7) is 3.98. The molecule has 1 amide bonds. The molecule has 1 aromatic heterocycles. The third-order valence-electron chi connectivity index (χ3n) is 4.29. The fourth-order valence-electron chi connectivity index (χ4n) is 3.08. The Morgan fingerprint density at radius 2 is 2.04 bits per heavy atom. The third kappa shape index (κ3) is 4.08. The van der Waals surface area contributed by atoms with E-state index in [0.717, 1.165) is 30.6 Å². The van der Waals surface area contributed by atoms with Gasteiger partial charge in [-0.25, -0.2) is 4.79 Å². The van der Waals surface area contributed by atoms with Crippen molar-refractivity contribution in [1.82, 2.24) is 0 Å². The Bertz CT molecular complexity index is 770. The number of rotatable bonds is 5. The highest BCUT2D eigenvalue weighted by atomic mass is 32.1. The zero-order valence-corrected chi connectivity index (χ0v) is 15.4. The summed E-state index contributed by atoms with van der Waals surface area (Å²) in [7, 11) is 2.14. The van der Waals surface area contributed by atoms with Gasteiger partial charge in [-0.05, 0) is 18.1 Å². The van der Waals surface area contributed by atoms with E-state index in [2.05, 4.69) is 12.4 Å². The monoisotopic (exact) mass is 359 g/mol. The third-order valence-corrected chi connectivity index (χ3v) is 5.44. The maximum Gasteiger partial charge on any atom is 0.341 e. The first-order valence-electron chi connectivity index (χ1n) is 8.55. The number of anilines is 1. The van der Waals surface area contributed by atoms with Crippen molar-refractivity contribution in [1.29, 1.82) is 0 Å². The van der Waals surface area contributed by atoms with Gasteiger partial charge in [0.15, 0.2) is 0 Å². The van der Waals surface area contributed by atoms with Crippen LogP contribution >= 0.6 is 11.3 Å². The second-order valence-electron chi connectivity index (χ2n) is 6.27. The fraction of sp³-hybridized carbons (Fsp3) is 0.368. The second-order valence-corrected chi connectivity index (χ2v) is 7.38. The van der Waals surface area contributed by atoms with Crippen molar-refractivity contribution in [3.8, 4) is 0 Å². The average molecular weight is 359 g/mol. The normalized spacial score (nSPS) is 16.2. The highest BCUT2D eigenvalue weighted by Crippen LogP contribution is 2.35. The van der Waals surface area contributed by atoms with Gasteiger partial charge < -0.3 is 15.0 Å². The molecular formula is C19H23N2O3S+. The largest absolute Gasteiger partial charge is 0.462 e. The molecule has 1 unspecified atom stereocenters. The van der Waals surface area contributed by atoms with Crippen LogP contribution in [0.15, 0.2) is 30.3 Å². The summed E-state index contributed by atoms with van der Waals surface area (Å²) >= 11 is 1.51. The zero-order chi connectivity index (χ0) is 17.8. The molecular weight excluding hydrogens is 336 g/mol. The minimum Gasteiger partial charge on any atom is -0.462 e. The average Bonchev–Trinajstić information content (AvgIpc) is 2.92. The van der Waals surface area contributed by atoms with Gasteiger partial charge in [0.25, 0.3) is 0 Å². The number of fused-ring (bicyclic) bond motifs is 1. The van der Waals surface area contributed by atoms with E-state index in [-0.39, 0.29) is 18.3 Å². The first-order valence-corrected chi connectivity index (χ1v) is 9.36. The van der Waals surface area contributed by atoms with Gasteiger partial charge in [-0.15, -0.1) is 11.3 Å². The van der Waals surface area contributed by atoms with Crippen molar-refractivity contribution in [3.05, 3.63) is 51.9 Å². The molecule has 0 spiro atoms. The number of hydrogen-bond donors (Lipinski definition) is 2. The van der Waals surface area contributed by atoms with Gasteiger partial charge in [-0.3, -0.25) is 4.79 Å². The Morgan fingerprint density at radius 1 is 1.28 bits per heavy atom. The van der Waals surface area contributed by atoms with Crippen molar-refractivity contribution < 1.29 is 19.2 Å². The molecule has 2 N–H and O–H groups in total. The minimum absolute atomic E-state index is 0.115. The standard InChI is InChI=1S/C19H22N2O3S/c1-3-24-19(23)17-14-9-10-21(2)12-15(14)25-18(17)20-16(22)11-13-7-5-4-6-8-13/h4-8H,3,9-12H2,1-2H3,(H,20,22)/p+1. The number of benzene rings is 1. The van der Waals surface area contributed by atoms with Crippen LogP contribution in [0.4, 0.5) is 5.00 Å². The fourth-order valence-corrected chi connectivity index (χ4v) is 4.45. The van der Waals surface area contributed by atoms with Crippen molar-refractivity contribution in [2.75, 3.05) is 25.5 Å². The van der Waals surface area contributed by atoms with Gasteiger partial charge in [0.2, 0.25) is 5.91 Å². The Morgan fingerprint density at radius 3 is 2.76 bits per heavy atom. The molecule has 0 saturated heterocycles. The van der Waals surface area contributed by atoms with E-state index in [0.29, 0.717) is 17.2 Å². The molecule has 0 saturated carbocycles. The van der Waals surface area contributed by atoms with E-state index in [9.17, 15) is 9.59 Å². The van der Waals surface area contributed by atoms with Crippen molar-refractivity contribution in [3.63, 3.8) is 0 Å². The molecule has 1 aliphatic rings. The number of nitrogens with one attached hydrogen (secondary N) is 2. The summed E-state index contributed by atoms with van der Waals surface area (Å²) < 4.78 is 5.23.